The summed E-state index contributed by atoms with van der Waals surface area (Å²) in [4.78, 5) is 26.2. The number of likely N-dealkylation sites (tertiary alicyclic amines) is 1. The van der Waals surface area contributed by atoms with E-state index in [9.17, 15) is 9.59 Å². The van der Waals surface area contributed by atoms with Gasteiger partial charge in [-0.25, -0.2) is 4.79 Å². The van der Waals surface area contributed by atoms with E-state index in [0.29, 0.717) is 17.9 Å². The van der Waals surface area contributed by atoms with Crippen LogP contribution in [0.15, 0.2) is 30.3 Å². The highest BCUT2D eigenvalue weighted by Crippen LogP contribution is 2.34. The zero-order chi connectivity index (χ0) is 27.9. The van der Waals surface area contributed by atoms with Crippen molar-refractivity contribution in [2.75, 3.05) is 13.6 Å². The number of piperidine rings is 2. The zero-order valence-electron chi connectivity index (χ0n) is 24.9. The highest BCUT2D eigenvalue weighted by molar-refractivity contribution is 5.89. The number of benzene rings is 1. The number of esters is 2. The molecule has 6 heteroatoms. The molecule has 2 fully saturated rings. The van der Waals surface area contributed by atoms with Gasteiger partial charge in [0.25, 0.3) is 0 Å². The van der Waals surface area contributed by atoms with Gasteiger partial charge in [-0.3, -0.25) is 4.79 Å². The van der Waals surface area contributed by atoms with Gasteiger partial charge in [0.1, 0.15) is 12.2 Å². The fourth-order valence-electron chi connectivity index (χ4n) is 5.68. The summed E-state index contributed by atoms with van der Waals surface area (Å²) in [6.45, 7) is 18.4. The summed E-state index contributed by atoms with van der Waals surface area (Å²) in [6, 6.07) is 9.22. The van der Waals surface area contributed by atoms with Crippen molar-refractivity contribution in [1.29, 1.82) is 0 Å². The Morgan fingerprint density at radius 2 is 1.57 bits per heavy atom. The Bertz CT molecular complexity index is 849. The van der Waals surface area contributed by atoms with Gasteiger partial charge in [-0.2, -0.15) is 0 Å². The quantitative estimate of drug-likeness (QED) is 0.335. The first-order valence-electron chi connectivity index (χ1n) is 14.1. The van der Waals surface area contributed by atoms with E-state index in [4.69, 9.17) is 9.47 Å². The monoisotopic (exact) mass is 516 g/mol. The molecule has 2 heterocycles. The Labute approximate surface area is 225 Å². The van der Waals surface area contributed by atoms with Crippen molar-refractivity contribution in [3.05, 3.63) is 35.9 Å². The molecule has 3 rings (SSSR count). The summed E-state index contributed by atoms with van der Waals surface area (Å²) in [7, 11) is 2.13. The lowest BCUT2D eigenvalue weighted by Gasteiger charge is -2.48. The molecule has 2 aliphatic heterocycles. The number of carbonyl (C=O) groups excluding carboxylic acids is 2. The number of unbranched alkanes of at least 4 members (excludes halogenated alkanes) is 2. The summed E-state index contributed by atoms with van der Waals surface area (Å²) in [6.07, 6.45) is 6.53. The van der Waals surface area contributed by atoms with Gasteiger partial charge in [-0.15, -0.1) is 0 Å². The van der Waals surface area contributed by atoms with E-state index < -0.39 is 0 Å². The molecule has 2 aliphatic rings. The lowest BCUT2D eigenvalue weighted by atomic mass is 9.79. The second-order valence-corrected chi connectivity index (χ2v) is 12.8. The van der Waals surface area contributed by atoms with Gasteiger partial charge < -0.3 is 19.7 Å². The summed E-state index contributed by atoms with van der Waals surface area (Å²) in [5, 5.41) is 3.60. The number of hydrogen-bond donors (Lipinski definition) is 1. The van der Waals surface area contributed by atoms with E-state index in [1.165, 1.54) is 0 Å². The SMILES string of the molecule is CC1C(OC(=O)c2ccccc2)CCN(C)C1(C)C.CCCCCC(=O)OC1CC(C)(C)NC(C)(C)C1. The standard InChI is InChI=1S/C16H23NO2.C15H29NO2/c1-12-14(10-11-17(4)16(12,2)3)19-15(18)13-8-6-5-7-9-13;1-6-7-8-9-13(17)18-12-10-14(2,3)16-15(4,5)11-12/h5-9,12,14H,10-11H2,1-4H3;12,16H,6-11H2,1-5H3. The summed E-state index contributed by atoms with van der Waals surface area (Å²) in [5.41, 5.74) is 0.762. The average molecular weight is 517 g/mol. The van der Waals surface area contributed by atoms with Crippen molar-refractivity contribution < 1.29 is 19.1 Å². The van der Waals surface area contributed by atoms with E-state index in [2.05, 4.69) is 72.7 Å². The van der Waals surface area contributed by atoms with Crippen LogP contribution in [0.3, 0.4) is 0 Å². The van der Waals surface area contributed by atoms with Gasteiger partial charge in [-0.05, 0) is 73.6 Å². The van der Waals surface area contributed by atoms with Gasteiger partial charge in [0.2, 0.25) is 0 Å². The van der Waals surface area contributed by atoms with Gasteiger partial charge >= 0.3 is 11.9 Å². The van der Waals surface area contributed by atoms with Gasteiger partial charge in [-0.1, -0.05) is 44.9 Å². The minimum Gasteiger partial charge on any atom is -0.462 e. The molecule has 0 radical (unpaired) electrons. The first kappa shape index (κ1) is 31.3. The Balaban J connectivity index is 0.000000261. The Morgan fingerprint density at radius 3 is 2.14 bits per heavy atom. The molecule has 0 saturated carbocycles. The maximum absolute atomic E-state index is 12.1. The van der Waals surface area contributed by atoms with Crippen molar-refractivity contribution in [3.63, 3.8) is 0 Å². The van der Waals surface area contributed by atoms with E-state index in [1.807, 2.05) is 18.2 Å². The predicted molar refractivity (Wildman–Crippen MR) is 151 cm³/mol. The maximum atomic E-state index is 12.1. The van der Waals surface area contributed by atoms with E-state index in [1.54, 1.807) is 12.1 Å². The molecule has 6 nitrogen and oxygen atoms in total. The van der Waals surface area contributed by atoms with Crippen LogP contribution in [0.1, 0.15) is 111 Å². The van der Waals surface area contributed by atoms with E-state index in [-0.39, 0.29) is 40.8 Å². The Hall–Kier alpha value is -1.92. The lowest BCUT2D eigenvalue weighted by Crippen LogP contribution is -2.59. The maximum Gasteiger partial charge on any atom is 0.338 e. The third kappa shape index (κ3) is 9.72. The largest absolute Gasteiger partial charge is 0.462 e. The van der Waals surface area contributed by atoms with Crippen LogP contribution in [-0.4, -0.2) is 59.3 Å². The zero-order valence-corrected chi connectivity index (χ0v) is 24.9. The molecule has 2 unspecified atom stereocenters. The highest BCUT2D eigenvalue weighted by atomic mass is 16.5. The molecular weight excluding hydrogens is 464 g/mol. The van der Waals surface area contributed by atoms with Crippen LogP contribution in [0.2, 0.25) is 0 Å². The molecule has 0 aliphatic carbocycles. The molecule has 0 spiro atoms. The molecule has 1 N–H and O–H groups in total. The number of carbonyl (C=O) groups is 2. The van der Waals surface area contributed by atoms with Gasteiger partial charge in [0.05, 0.1) is 5.56 Å². The number of ether oxygens (including phenoxy) is 2. The topological polar surface area (TPSA) is 67.9 Å². The molecule has 2 atom stereocenters. The third-order valence-electron chi connectivity index (χ3n) is 8.11. The molecule has 37 heavy (non-hydrogen) atoms. The van der Waals surface area contributed by atoms with Crippen molar-refractivity contribution >= 4 is 11.9 Å². The molecule has 210 valence electrons. The Morgan fingerprint density at radius 1 is 0.973 bits per heavy atom. The summed E-state index contributed by atoms with van der Waals surface area (Å²) < 4.78 is 11.3. The first-order chi connectivity index (χ1) is 17.2. The van der Waals surface area contributed by atoms with Crippen molar-refractivity contribution in [2.45, 2.75) is 129 Å². The second-order valence-electron chi connectivity index (χ2n) is 12.8. The van der Waals surface area contributed by atoms with Crippen LogP contribution in [-0.2, 0) is 14.3 Å². The highest BCUT2D eigenvalue weighted by Gasteiger charge is 2.41. The molecule has 0 bridgehead atoms. The number of nitrogens with one attached hydrogen (secondary N) is 1. The van der Waals surface area contributed by atoms with Crippen LogP contribution < -0.4 is 5.32 Å². The lowest BCUT2D eigenvalue weighted by molar-refractivity contribution is -0.153. The van der Waals surface area contributed by atoms with Crippen molar-refractivity contribution in [2.24, 2.45) is 5.92 Å². The fourth-order valence-corrected chi connectivity index (χ4v) is 5.68. The molecule has 1 aromatic carbocycles. The van der Waals surface area contributed by atoms with E-state index in [0.717, 1.165) is 45.1 Å². The first-order valence-corrected chi connectivity index (χ1v) is 14.1. The van der Waals surface area contributed by atoms with Gasteiger partial charge in [0.15, 0.2) is 0 Å². The van der Waals surface area contributed by atoms with Crippen LogP contribution in [0.5, 0.6) is 0 Å². The fraction of sp³-hybridized carbons (Fsp3) is 0.742. The van der Waals surface area contributed by atoms with E-state index >= 15 is 0 Å². The normalized spacial score (nSPS) is 24.9. The molecule has 0 aromatic heterocycles. The van der Waals surface area contributed by atoms with Crippen molar-refractivity contribution in [1.82, 2.24) is 10.2 Å². The minimum atomic E-state index is -0.210. The molecule has 1 aromatic rings. The van der Waals surface area contributed by atoms with Crippen molar-refractivity contribution in [3.8, 4) is 0 Å². The third-order valence-corrected chi connectivity index (χ3v) is 8.11. The van der Waals surface area contributed by atoms with Crippen LogP contribution in [0, 0.1) is 5.92 Å². The minimum absolute atomic E-state index is 0.00101. The van der Waals surface area contributed by atoms with Crippen LogP contribution in [0.4, 0.5) is 0 Å². The molecule has 0 amide bonds. The second kappa shape index (κ2) is 13.2. The van der Waals surface area contributed by atoms with Crippen LogP contribution >= 0.6 is 0 Å². The van der Waals surface area contributed by atoms with Crippen LogP contribution in [0.25, 0.3) is 0 Å². The number of rotatable bonds is 7. The number of hydrogen-bond acceptors (Lipinski definition) is 6. The Kier molecular flexibility index (Phi) is 11.2. The smallest absolute Gasteiger partial charge is 0.338 e. The molecule has 2 saturated heterocycles. The van der Waals surface area contributed by atoms with Gasteiger partial charge in [0, 0.05) is 48.3 Å². The summed E-state index contributed by atoms with van der Waals surface area (Å²) >= 11 is 0. The summed E-state index contributed by atoms with van der Waals surface area (Å²) in [5.74, 6) is 0.0821. The predicted octanol–water partition coefficient (Wildman–Crippen LogP) is 6.38. The average Bonchev–Trinajstić information content (AvgIpc) is 2.79. The molecular formula is C31H52N2O4. The number of nitrogens with zero attached hydrogens (tertiary/aromatic N) is 1.